The molecule has 5 nitrogen and oxygen atoms in total. The van der Waals surface area contributed by atoms with E-state index in [2.05, 4.69) is 22.0 Å². The molecule has 0 radical (unpaired) electrons. The van der Waals surface area contributed by atoms with E-state index in [4.69, 9.17) is 11.6 Å². The van der Waals surface area contributed by atoms with Crippen molar-refractivity contribution in [1.82, 2.24) is 20.0 Å². The molecule has 1 amide bonds. The third-order valence-corrected chi connectivity index (χ3v) is 5.64. The Hall–Kier alpha value is -2.06. The highest BCUT2D eigenvalue weighted by atomic mass is 35.5. The number of carbonyl (C=O) groups excluding carboxylic acids is 1. The SMILES string of the molecule is CC1CCN(CCN(Cc2ccccc2Cl)C(=O)c2cc(C(F)(F)F)n[nH]2)CC1. The lowest BCUT2D eigenvalue weighted by molar-refractivity contribution is -0.141. The first-order chi connectivity index (χ1) is 13.7. The van der Waals surface area contributed by atoms with E-state index in [9.17, 15) is 18.0 Å². The molecule has 1 N–H and O–H groups in total. The molecular formula is C20H24ClF3N4O. The average molecular weight is 429 g/mol. The second kappa shape index (κ2) is 9.17. The van der Waals surface area contributed by atoms with E-state index in [-0.39, 0.29) is 12.2 Å². The van der Waals surface area contributed by atoms with Gasteiger partial charge in [-0.25, -0.2) is 0 Å². The number of alkyl halides is 3. The number of rotatable bonds is 6. The third kappa shape index (κ3) is 5.73. The molecule has 1 aromatic carbocycles. The van der Waals surface area contributed by atoms with Gasteiger partial charge >= 0.3 is 6.18 Å². The Kier molecular flexibility index (Phi) is 6.85. The van der Waals surface area contributed by atoms with Gasteiger partial charge in [-0.2, -0.15) is 18.3 Å². The fourth-order valence-electron chi connectivity index (χ4n) is 3.38. The Morgan fingerprint density at radius 1 is 1.31 bits per heavy atom. The molecule has 29 heavy (non-hydrogen) atoms. The predicted octanol–water partition coefficient (Wildman–Crippen LogP) is 4.46. The van der Waals surface area contributed by atoms with E-state index >= 15 is 0 Å². The van der Waals surface area contributed by atoms with Crippen LogP contribution < -0.4 is 0 Å². The zero-order valence-electron chi connectivity index (χ0n) is 16.2. The van der Waals surface area contributed by atoms with Crippen molar-refractivity contribution in [3.8, 4) is 0 Å². The molecular weight excluding hydrogens is 405 g/mol. The van der Waals surface area contributed by atoms with Crippen LogP contribution in [0.25, 0.3) is 0 Å². The summed E-state index contributed by atoms with van der Waals surface area (Å²) >= 11 is 6.23. The Morgan fingerprint density at radius 3 is 2.62 bits per heavy atom. The number of nitrogens with one attached hydrogen (secondary N) is 1. The number of H-pyrrole nitrogens is 1. The number of benzene rings is 1. The summed E-state index contributed by atoms with van der Waals surface area (Å²) in [6.07, 6.45) is -2.39. The molecule has 0 saturated carbocycles. The molecule has 1 fully saturated rings. The lowest BCUT2D eigenvalue weighted by atomic mass is 9.99. The zero-order chi connectivity index (χ0) is 21.0. The van der Waals surface area contributed by atoms with Crippen LogP contribution >= 0.6 is 11.6 Å². The number of carbonyl (C=O) groups is 1. The summed E-state index contributed by atoms with van der Waals surface area (Å²) in [4.78, 5) is 16.8. The number of amides is 1. The predicted molar refractivity (Wildman–Crippen MR) is 105 cm³/mol. The lowest BCUT2D eigenvalue weighted by Crippen LogP contribution is -2.41. The first kappa shape index (κ1) is 21.6. The van der Waals surface area contributed by atoms with Crippen molar-refractivity contribution in [1.29, 1.82) is 0 Å². The first-order valence-corrected chi connectivity index (χ1v) is 9.99. The Labute approximate surface area is 172 Å². The van der Waals surface area contributed by atoms with E-state index in [1.54, 1.807) is 18.2 Å². The molecule has 1 aliphatic heterocycles. The zero-order valence-corrected chi connectivity index (χ0v) is 16.9. The molecule has 158 valence electrons. The van der Waals surface area contributed by atoms with Crippen LogP contribution in [0, 0.1) is 5.92 Å². The maximum absolute atomic E-state index is 13.0. The van der Waals surface area contributed by atoms with Crippen LogP contribution in [0.5, 0.6) is 0 Å². The van der Waals surface area contributed by atoms with E-state index in [0.717, 1.165) is 37.6 Å². The molecule has 9 heteroatoms. The molecule has 1 aromatic heterocycles. The fourth-order valence-corrected chi connectivity index (χ4v) is 3.57. The Bertz CT molecular complexity index is 831. The number of hydrogen-bond acceptors (Lipinski definition) is 3. The quantitative estimate of drug-likeness (QED) is 0.739. The minimum absolute atomic E-state index is 0.184. The molecule has 0 atom stereocenters. The van der Waals surface area contributed by atoms with Crippen molar-refractivity contribution in [2.24, 2.45) is 5.92 Å². The van der Waals surface area contributed by atoms with E-state index in [1.165, 1.54) is 4.90 Å². The number of hydrogen-bond donors (Lipinski definition) is 1. The largest absolute Gasteiger partial charge is 0.435 e. The van der Waals surface area contributed by atoms with Crippen LogP contribution in [-0.2, 0) is 12.7 Å². The summed E-state index contributed by atoms with van der Waals surface area (Å²) in [5.74, 6) is 0.163. The van der Waals surface area contributed by atoms with Crippen molar-refractivity contribution in [2.45, 2.75) is 32.5 Å². The van der Waals surface area contributed by atoms with Crippen LogP contribution in [0.4, 0.5) is 13.2 Å². The normalized spacial score (nSPS) is 16.2. The van der Waals surface area contributed by atoms with Crippen LogP contribution in [-0.4, -0.2) is 52.1 Å². The second-order valence-corrected chi connectivity index (χ2v) is 7.91. The van der Waals surface area contributed by atoms with Gasteiger partial charge in [0.05, 0.1) is 0 Å². The second-order valence-electron chi connectivity index (χ2n) is 7.51. The Morgan fingerprint density at radius 2 is 2.00 bits per heavy atom. The number of likely N-dealkylation sites (tertiary alicyclic amines) is 1. The summed E-state index contributed by atoms with van der Waals surface area (Å²) < 4.78 is 38.6. The number of nitrogens with zero attached hydrogens (tertiary/aromatic N) is 3. The summed E-state index contributed by atoms with van der Waals surface area (Å²) in [6, 6.07) is 7.89. The van der Waals surface area contributed by atoms with E-state index < -0.39 is 17.8 Å². The number of halogens is 4. The summed E-state index contributed by atoms with van der Waals surface area (Å²) in [5.41, 5.74) is -0.550. The average Bonchev–Trinajstić information content (AvgIpc) is 3.18. The van der Waals surface area contributed by atoms with Crippen LogP contribution in [0.15, 0.2) is 30.3 Å². The third-order valence-electron chi connectivity index (χ3n) is 5.27. The van der Waals surface area contributed by atoms with Crippen molar-refractivity contribution in [3.05, 3.63) is 52.3 Å². The molecule has 2 heterocycles. The summed E-state index contributed by atoms with van der Waals surface area (Å²) in [6.45, 7) is 5.39. The van der Waals surface area contributed by atoms with Gasteiger partial charge in [0.25, 0.3) is 5.91 Å². The molecule has 0 unspecified atom stereocenters. The van der Waals surface area contributed by atoms with Gasteiger partial charge in [-0.05, 0) is 43.5 Å². The minimum Gasteiger partial charge on any atom is -0.332 e. The first-order valence-electron chi connectivity index (χ1n) is 9.61. The maximum atomic E-state index is 13.0. The van der Waals surface area contributed by atoms with Crippen LogP contribution in [0.2, 0.25) is 5.02 Å². The highest BCUT2D eigenvalue weighted by Gasteiger charge is 2.35. The maximum Gasteiger partial charge on any atom is 0.435 e. The van der Waals surface area contributed by atoms with Gasteiger partial charge in [-0.15, -0.1) is 0 Å². The van der Waals surface area contributed by atoms with E-state index in [1.807, 2.05) is 6.07 Å². The molecule has 0 spiro atoms. The molecule has 3 rings (SSSR count). The van der Waals surface area contributed by atoms with Crippen molar-refractivity contribution in [2.75, 3.05) is 26.2 Å². The summed E-state index contributed by atoms with van der Waals surface area (Å²) in [5, 5.41) is 5.98. The lowest BCUT2D eigenvalue weighted by Gasteiger charge is -2.32. The van der Waals surface area contributed by atoms with Crippen molar-refractivity contribution < 1.29 is 18.0 Å². The van der Waals surface area contributed by atoms with Gasteiger partial charge in [0, 0.05) is 30.7 Å². The van der Waals surface area contributed by atoms with Crippen molar-refractivity contribution >= 4 is 17.5 Å². The van der Waals surface area contributed by atoms with Gasteiger partial charge in [-0.3, -0.25) is 9.89 Å². The monoisotopic (exact) mass is 428 g/mol. The van der Waals surface area contributed by atoms with Crippen molar-refractivity contribution in [3.63, 3.8) is 0 Å². The van der Waals surface area contributed by atoms with Crippen LogP contribution in [0.1, 0.15) is 41.5 Å². The fraction of sp³-hybridized carbons (Fsp3) is 0.500. The van der Waals surface area contributed by atoms with Gasteiger partial charge in [0.1, 0.15) is 5.69 Å². The van der Waals surface area contributed by atoms with Gasteiger partial charge in [0.2, 0.25) is 0 Å². The molecule has 0 aliphatic carbocycles. The highest BCUT2D eigenvalue weighted by molar-refractivity contribution is 6.31. The van der Waals surface area contributed by atoms with E-state index in [0.29, 0.717) is 24.0 Å². The highest BCUT2D eigenvalue weighted by Crippen LogP contribution is 2.28. The molecule has 1 saturated heterocycles. The molecule has 0 bridgehead atoms. The van der Waals surface area contributed by atoms with Crippen LogP contribution in [0.3, 0.4) is 0 Å². The summed E-state index contributed by atoms with van der Waals surface area (Å²) in [7, 11) is 0. The molecule has 2 aromatic rings. The number of aromatic amines is 1. The van der Waals surface area contributed by atoms with Gasteiger partial charge in [-0.1, -0.05) is 36.7 Å². The van der Waals surface area contributed by atoms with Gasteiger partial charge < -0.3 is 9.80 Å². The topological polar surface area (TPSA) is 52.2 Å². The standard InChI is InChI=1S/C20H24ClF3N4O/c1-14-6-8-27(9-7-14)10-11-28(13-15-4-2-3-5-16(15)21)19(29)17-12-18(26-25-17)20(22,23)24/h2-5,12,14H,6-11,13H2,1H3,(H,25,26). The Balaban J connectivity index is 1.75. The molecule has 1 aliphatic rings. The number of piperidine rings is 1. The minimum atomic E-state index is -4.60. The van der Waals surface area contributed by atoms with Gasteiger partial charge in [0.15, 0.2) is 5.69 Å². The number of aromatic nitrogens is 2. The smallest absolute Gasteiger partial charge is 0.332 e.